The molecular weight excluding hydrogens is 390 g/mol. The first kappa shape index (κ1) is 16.7. The molecule has 2 aromatic rings. The summed E-state index contributed by atoms with van der Waals surface area (Å²) in [4.78, 5) is 0. The molecule has 0 aliphatic heterocycles. The predicted octanol–water partition coefficient (Wildman–Crippen LogP) is 5.88. The van der Waals surface area contributed by atoms with Gasteiger partial charge < -0.3 is 5.32 Å². The van der Waals surface area contributed by atoms with E-state index >= 15 is 0 Å². The van der Waals surface area contributed by atoms with Gasteiger partial charge in [-0.2, -0.15) is 0 Å². The normalized spacial score (nSPS) is 13.9. The summed E-state index contributed by atoms with van der Waals surface area (Å²) in [5.74, 6) is 0. The van der Waals surface area contributed by atoms with Gasteiger partial charge in [0, 0.05) is 21.0 Å². The summed E-state index contributed by atoms with van der Waals surface area (Å²) < 4.78 is 2.27. The van der Waals surface area contributed by atoms with E-state index in [-0.39, 0.29) is 0 Å². The molecule has 1 nitrogen and oxygen atoms in total. The topological polar surface area (TPSA) is 12.0 Å². The first-order valence-corrected chi connectivity index (χ1v) is 8.93. The highest BCUT2D eigenvalue weighted by Crippen LogP contribution is 2.22. The van der Waals surface area contributed by atoms with Gasteiger partial charge in [0.05, 0.1) is 0 Å². The van der Waals surface area contributed by atoms with Crippen molar-refractivity contribution in [1.29, 1.82) is 0 Å². The van der Waals surface area contributed by atoms with Crippen LogP contribution in [0.5, 0.6) is 0 Å². The van der Waals surface area contributed by atoms with E-state index in [1.807, 2.05) is 0 Å². The number of benzene rings is 2. The first-order valence-electron chi connectivity index (χ1n) is 7.34. The third kappa shape index (κ3) is 5.24. The molecule has 1 N–H and O–H groups in total. The molecule has 0 aliphatic carbocycles. The second-order valence-corrected chi connectivity index (χ2v) is 7.25. The van der Waals surface area contributed by atoms with Gasteiger partial charge in [-0.25, -0.2) is 0 Å². The summed E-state index contributed by atoms with van der Waals surface area (Å²) in [6.45, 7) is 4.48. The number of nitrogens with one attached hydrogen (secondary N) is 1. The van der Waals surface area contributed by atoms with Crippen molar-refractivity contribution in [3.05, 3.63) is 68.6 Å². The van der Waals surface area contributed by atoms with Crippen LogP contribution in [-0.2, 0) is 6.42 Å². The van der Waals surface area contributed by atoms with Crippen LogP contribution in [0.25, 0.3) is 0 Å². The maximum atomic E-state index is 3.74. The second kappa shape index (κ2) is 8.11. The molecule has 2 atom stereocenters. The van der Waals surface area contributed by atoms with E-state index in [1.165, 1.54) is 11.1 Å². The zero-order chi connectivity index (χ0) is 15.2. The highest BCUT2D eigenvalue weighted by molar-refractivity contribution is 9.10. The highest BCUT2D eigenvalue weighted by atomic mass is 79.9. The average Bonchev–Trinajstić information content (AvgIpc) is 2.47. The van der Waals surface area contributed by atoms with Crippen molar-refractivity contribution in [2.45, 2.75) is 38.8 Å². The minimum absolute atomic E-state index is 0.396. The minimum Gasteiger partial charge on any atom is -0.307 e. The maximum Gasteiger partial charge on any atom is 0.0320 e. The fourth-order valence-corrected chi connectivity index (χ4v) is 3.23. The van der Waals surface area contributed by atoms with Gasteiger partial charge in [-0.15, -0.1) is 0 Å². The van der Waals surface area contributed by atoms with Gasteiger partial charge in [-0.05, 0) is 55.2 Å². The van der Waals surface area contributed by atoms with Crippen molar-refractivity contribution in [1.82, 2.24) is 5.32 Å². The van der Waals surface area contributed by atoms with Crippen LogP contribution in [0.2, 0.25) is 0 Å². The molecule has 0 bridgehead atoms. The van der Waals surface area contributed by atoms with E-state index in [2.05, 4.69) is 99.6 Å². The standard InChI is InChI=1S/C18H21Br2N/c1-3-18(15-5-4-6-17(20)12-15)21-13(2)11-14-7-9-16(19)10-8-14/h4-10,12-13,18,21H,3,11H2,1-2H3. The molecule has 2 unspecified atom stereocenters. The van der Waals surface area contributed by atoms with Crippen molar-refractivity contribution in [2.75, 3.05) is 0 Å². The van der Waals surface area contributed by atoms with Crippen molar-refractivity contribution >= 4 is 31.9 Å². The van der Waals surface area contributed by atoms with Crippen LogP contribution < -0.4 is 5.32 Å². The number of halogens is 2. The lowest BCUT2D eigenvalue weighted by Gasteiger charge is -2.23. The zero-order valence-corrected chi connectivity index (χ0v) is 15.6. The van der Waals surface area contributed by atoms with Gasteiger partial charge in [0.15, 0.2) is 0 Å². The molecule has 0 saturated heterocycles. The molecule has 2 rings (SSSR count). The molecule has 0 heterocycles. The summed E-state index contributed by atoms with van der Waals surface area (Å²) in [7, 11) is 0. The molecule has 0 aromatic heterocycles. The fourth-order valence-electron chi connectivity index (χ4n) is 2.55. The van der Waals surface area contributed by atoms with E-state index in [4.69, 9.17) is 0 Å². The quantitative estimate of drug-likeness (QED) is 0.626. The Kier molecular flexibility index (Phi) is 6.46. The maximum absolute atomic E-state index is 3.74. The van der Waals surface area contributed by atoms with Gasteiger partial charge in [0.1, 0.15) is 0 Å². The Bertz CT molecular complexity index is 566. The molecule has 112 valence electrons. The Morgan fingerprint density at radius 1 is 1.00 bits per heavy atom. The van der Waals surface area contributed by atoms with E-state index in [9.17, 15) is 0 Å². The Labute approximate surface area is 144 Å². The van der Waals surface area contributed by atoms with Crippen LogP contribution in [0.15, 0.2) is 57.5 Å². The molecule has 0 spiro atoms. The molecule has 0 amide bonds. The largest absolute Gasteiger partial charge is 0.307 e. The van der Waals surface area contributed by atoms with E-state index in [1.54, 1.807) is 0 Å². The Balaban J connectivity index is 1.99. The van der Waals surface area contributed by atoms with Gasteiger partial charge in [0.25, 0.3) is 0 Å². The van der Waals surface area contributed by atoms with Gasteiger partial charge >= 0.3 is 0 Å². The SMILES string of the molecule is CCC(NC(C)Cc1ccc(Br)cc1)c1cccc(Br)c1. The monoisotopic (exact) mass is 409 g/mol. The van der Waals surface area contributed by atoms with E-state index in [0.717, 1.165) is 21.8 Å². The van der Waals surface area contributed by atoms with Crippen LogP contribution in [0.3, 0.4) is 0 Å². The third-order valence-electron chi connectivity index (χ3n) is 3.60. The van der Waals surface area contributed by atoms with Gasteiger partial charge in [-0.3, -0.25) is 0 Å². The van der Waals surface area contributed by atoms with Gasteiger partial charge in [-0.1, -0.05) is 63.0 Å². The third-order valence-corrected chi connectivity index (χ3v) is 4.62. The number of hydrogen-bond donors (Lipinski definition) is 1. The lowest BCUT2D eigenvalue weighted by atomic mass is 10.0. The first-order chi connectivity index (χ1) is 10.1. The lowest BCUT2D eigenvalue weighted by molar-refractivity contribution is 0.443. The molecule has 3 heteroatoms. The van der Waals surface area contributed by atoms with E-state index < -0.39 is 0 Å². The molecule has 0 aliphatic rings. The van der Waals surface area contributed by atoms with E-state index in [0.29, 0.717) is 12.1 Å². The van der Waals surface area contributed by atoms with Crippen molar-refractivity contribution in [2.24, 2.45) is 0 Å². The lowest BCUT2D eigenvalue weighted by Crippen LogP contribution is -2.31. The predicted molar refractivity (Wildman–Crippen MR) is 97.6 cm³/mol. The summed E-state index contributed by atoms with van der Waals surface area (Å²) >= 11 is 7.03. The molecule has 0 fully saturated rings. The summed E-state index contributed by atoms with van der Waals surface area (Å²) in [6.07, 6.45) is 2.12. The van der Waals surface area contributed by atoms with Crippen LogP contribution in [0, 0.1) is 0 Å². The summed E-state index contributed by atoms with van der Waals surface area (Å²) in [6, 6.07) is 18.0. The van der Waals surface area contributed by atoms with Crippen LogP contribution in [-0.4, -0.2) is 6.04 Å². The zero-order valence-electron chi connectivity index (χ0n) is 12.4. The van der Waals surface area contributed by atoms with Crippen molar-refractivity contribution < 1.29 is 0 Å². The summed E-state index contributed by atoms with van der Waals surface area (Å²) in [5.41, 5.74) is 2.71. The van der Waals surface area contributed by atoms with Crippen LogP contribution >= 0.6 is 31.9 Å². The Morgan fingerprint density at radius 2 is 1.71 bits per heavy atom. The average molecular weight is 411 g/mol. The second-order valence-electron chi connectivity index (χ2n) is 5.41. The van der Waals surface area contributed by atoms with Crippen molar-refractivity contribution in [3.8, 4) is 0 Å². The Hall–Kier alpha value is -0.640. The smallest absolute Gasteiger partial charge is 0.0320 e. The molecule has 0 saturated carbocycles. The fraction of sp³-hybridized carbons (Fsp3) is 0.333. The number of hydrogen-bond acceptors (Lipinski definition) is 1. The van der Waals surface area contributed by atoms with Gasteiger partial charge in [0.2, 0.25) is 0 Å². The molecule has 2 aromatic carbocycles. The number of rotatable bonds is 6. The van der Waals surface area contributed by atoms with Crippen molar-refractivity contribution in [3.63, 3.8) is 0 Å². The van der Waals surface area contributed by atoms with Crippen LogP contribution in [0.1, 0.15) is 37.4 Å². The highest BCUT2D eigenvalue weighted by Gasteiger charge is 2.13. The molecule has 0 radical (unpaired) electrons. The van der Waals surface area contributed by atoms with Crippen LogP contribution in [0.4, 0.5) is 0 Å². The summed E-state index contributed by atoms with van der Waals surface area (Å²) in [5, 5.41) is 3.74. The molecule has 21 heavy (non-hydrogen) atoms. The Morgan fingerprint density at radius 3 is 2.33 bits per heavy atom. The molecular formula is C18H21Br2N. The minimum atomic E-state index is 0.396.